The lowest BCUT2D eigenvalue weighted by molar-refractivity contribution is 0.0735. The van der Waals surface area contributed by atoms with Gasteiger partial charge in [0.05, 0.1) is 17.0 Å². The van der Waals surface area contributed by atoms with E-state index in [9.17, 15) is 13.2 Å². The predicted molar refractivity (Wildman–Crippen MR) is 88.6 cm³/mol. The Labute approximate surface area is 139 Å². The number of hydrogen-bond acceptors (Lipinski definition) is 4. The van der Waals surface area contributed by atoms with Crippen LogP contribution >= 0.6 is 11.6 Å². The second kappa shape index (κ2) is 6.22. The maximum Gasteiger partial charge on any atom is 0.343 e. The van der Waals surface area contributed by atoms with Crippen molar-refractivity contribution in [2.24, 2.45) is 0 Å². The number of rotatable bonds is 3. The molecule has 1 fully saturated rings. The Hall–Kier alpha value is -2.05. The number of carbonyl (C=O) groups is 1. The molecule has 2 aromatic rings. The second-order valence-corrected chi connectivity index (χ2v) is 7.58. The number of nitrogens with zero attached hydrogens (tertiary/aromatic N) is 1. The van der Waals surface area contributed by atoms with Crippen molar-refractivity contribution in [3.8, 4) is 5.75 Å². The molecule has 23 heavy (non-hydrogen) atoms. The van der Waals surface area contributed by atoms with Gasteiger partial charge in [0.25, 0.3) is 0 Å². The molecule has 1 aliphatic rings. The first kappa shape index (κ1) is 15.8. The zero-order valence-electron chi connectivity index (χ0n) is 12.1. The highest BCUT2D eigenvalue weighted by molar-refractivity contribution is 7.93. The number of esters is 1. The second-order valence-electron chi connectivity index (χ2n) is 5.13. The van der Waals surface area contributed by atoms with E-state index in [1.54, 1.807) is 48.5 Å². The van der Waals surface area contributed by atoms with Gasteiger partial charge in [-0.25, -0.2) is 13.2 Å². The van der Waals surface area contributed by atoms with Crippen LogP contribution in [-0.4, -0.2) is 26.7 Å². The molecule has 0 spiro atoms. The van der Waals surface area contributed by atoms with Crippen LogP contribution in [-0.2, 0) is 10.0 Å². The largest absolute Gasteiger partial charge is 0.423 e. The van der Waals surface area contributed by atoms with Crippen LogP contribution in [0.3, 0.4) is 0 Å². The summed E-state index contributed by atoms with van der Waals surface area (Å²) in [5.74, 6) is 0.0432. The summed E-state index contributed by atoms with van der Waals surface area (Å²) in [6, 6.07) is 12.8. The minimum absolute atomic E-state index is 0.160. The highest BCUT2D eigenvalue weighted by atomic mass is 35.5. The molecule has 0 bridgehead atoms. The van der Waals surface area contributed by atoms with E-state index in [2.05, 4.69) is 0 Å². The molecule has 1 aliphatic heterocycles. The van der Waals surface area contributed by atoms with Crippen LogP contribution in [0.4, 0.5) is 5.69 Å². The summed E-state index contributed by atoms with van der Waals surface area (Å²) in [7, 11) is -3.22. The van der Waals surface area contributed by atoms with Gasteiger partial charge in [0.1, 0.15) is 5.75 Å². The molecular weight excluding hydrogens is 338 g/mol. The third kappa shape index (κ3) is 3.48. The van der Waals surface area contributed by atoms with Crippen molar-refractivity contribution in [2.45, 2.75) is 6.42 Å². The van der Waals surface area contributed by atoms with Crippen molar-refractivity contribution in [2.75, 3.05) is 16.6 Å². The molecule has 0 atom stereocenters. The Balaban J connectivity index is 1.74. The topological polar surface area (TPSA) is 63.7 Å². The number of halogens is 1. The quantitative estimate of drug-likeness (QED) is 0.629. The number of benzene rings is 2. The van der Waals surface area contributed by atoms with Crippen LogP contribution in [0, 0.1) is 0 Å². The molecule has 5 nitrogen and oxygen atoms in total. The van der Waals surface area contributed by atoms with Crippen molar-refractivity contribution in [1.82, 2.24) is 0 Å². The summed E-state index contributed by atoms with van der Waals surface area (Å²) in [5, 5.41) is 0.556. The van der Waals surface area contributed by atoms with Gasteiger partial charge in [0, 0.05) is 11.6 Å². The summed E-state index contributed by atoms with van der Waals surface area (Å²) in [4.78, 5) is 12.1. The van der Waals surface area contributed by atoms with Crippen molar-refractivity contribution in [3.05, 3.63) is 59.1 Å². The van der Waals surface area contributed by atoms with Gasteiger partial charge in [-0.1, -0.05) is 11.6 Å². The van der Waals surface area contributed by atoms with Gasteiger partial charge in [0.15, 0.2) is 0 Å². The Kier molecular flexibility index (Phi) is 4.28. The maximum absolute atomic E-state index is 12.1. The van der Waals surface area contributed by atoms with Crippen molar-refractivity contribution < 1.29 is 17.9 Å². The molecule has 3 rings (SSSR count). The van der Waals surface area contributed by atoms with Gasteiger partial charge >= 0.3 is 5.97 Å². The number of carbonyl (C=O) groups excluding carboxylic acids is 1. The number of sulfonamides is 1. The lowest BCUT2D eigenvalue weighted by Gasteiger charge is -2.16. The van der Waals surface area contributed by atoms with E-state index in [-0.39, 0.29) is 5.75 Å². The van der Waals surface area contributed by atoms with E-state index in [0.29, 0.717) is 35.0 Å². The monoisotopic (exact) mass is 351 g/mol. The molecule has 2 aromatic carbocycles. The van der Waals surface area contributed by atoms with E-state index in [4.69, 9.17) is 16.3 Å². The van der Waals surface area contributed by atoms with E-state index >= 15 is 0 Å². The maximum atomic E-state index is 12.1. The zero-order valence-corrected chi connectivity index (χ0v) is 13.7. The first-order valence-corrected chi connectivity index (χ1v) is 9.03. The average molecular weight is 352 g/mol. The summed E-state index contributed by atoms with van der Waals surface area (Å²) in [5.41, 5.74) is 0.908. The molecule has 0 aromatic heterocycles. The Morgan fingerprint density at radius 2 is 1.70 bits per heavy atom. The fourth-order valence-corrected chi connectivity index (χ4v) is 4.05. The normalized spacial score (nSPS) is 16.3. The Morgan fingerprint density at radius 1 is 1.04 bits per heavy atom. The standard InChI is InChI=1S/C16H14ClNO4S/c17-13-4-8-15(9-5-13)22-16(19)12-2-6-14(7-3-12)18-10-1-11-23(18,20)21/h2-9H,1,10-11H2. The van der Waals surface area contributed by atoms with Gasteiger partial charge in [0.2, 0.25) is 10.0 Å². The van der Waals surface area contributed by atoms with Crippen LogP contribution in [0.5, 0.6) is 5.75 Å². The summed E-state index contributed by atoms with van der Waals surface area (Å²) < 4.78 is 30.3. The smallest absolute Gasteiger partial charge is 0.343 e. The van der Waals surface area contributed by atoms with Crippen molar-refractivity contribution >= 4 is 33.3 Å². The number of anilines is 1. The fraction of sp³-hybridized carbons (Fsp3) is 0.188. The lowest BCUT2D eigenvalue weighted by Crippen LogP contribution is -2.25. The van der Waals surface area contributed by atoms with Crippen molar-refractivity contribution in [3.63, 3.8) is 0 Å². The highest BCUT2D eigenvalue weighted by Gasteiger charge is 2.28. The molecular formula is C16H14ClNO4S. The number of hydrogen-bond donors (Lipinski definition) is 0. The summed E-state index contributed by atoms with van der Waals surface area (Å²) >= 11 is 5.77. The molecule has 1 heterocycles. The highest BCUT2D eigenvalue weighted by Crippen LogP contribution is 2.24. The molecule has 0 aliphatic carbocycles. The molecule has 0 saturated carbocycles. The van der Waals surface area contributed by atoms with Crippen LogP contribution in [0.2, 0.25) is 5.02 Å². The van der Waals surface area contributed by atoms with Crippen LogP contribution in [0.1, 0.15) is 16.8 Å². The lowest BCUT2D eigenvalue weighted by atomic mass is 10.2. The van der Waals surface area contributed by atoms with Crippen LogP contribution in [0.15, 0.2) is 48.5 Å². The first-order valence-electron chi connectivity index (χ1n) is 7.04. The third-order valence-corrected chi connectivity index (χ3v) is 5.64. The zero-order chi connectivity index (χ0) is 16.4. The minimum Gasteiger partial charge on any atom is -0.423 e. The SMILES string of the molecule is O=C(Oc1ccc(Cl)cc1)c1ccc(N2CCCS2(=O)=O)cc1. The van der Waals surface area contributed by atoms with E-state index in [1.807, 2.05) is 0 Å². The summed E-state index contributed by atoms with van der Waals surface area (Å²) in [6.07, 6.45) is 0.614. The molecule has 0 unspecified atom stereocenters. The molecule has 0 N–H and O–H groups in total. The van der Waals surface area contributed by atoms with Gasteiger partial charge in [-0.15, -0.1) is 0 Å². The molecule has 7 heteroatoms. The van der Waals surface area contributed by atoms with Gasteiger partial charge in [-0.2, -0.15) is 0 Å². The fourth-order valence-electron chi connectivity index (χ4n) is 2.36. The van der Waals surface area contributed by atoms with E-state index < -0.39 is 16.0 Å². The molecule has 1 saturated heterocycles. The van der Waals surface area contributed by atoms with Gasteiger partial charge in [-0.05, 0) is 55.0 Å². The first-order chi connectivity index (χ1) is 11.0. The van der Waals surface area contributed by atoms with Gasteiger partial charge < -0.3 is 4.74 Å². The van der Waals surface area contributed by atoms with Crippen molar-refractivity contribution in [1.29, 1.82) is 0 Å². The van der Waals surface area contributed by atoms with Crippen LogP contribution in [0.25, 0.3) is 0 Å². The summed E-state index contributed by atoms with van der Waals surface area (Å²) in [6.45, 7) is 0.469. The van der Waals surface area contributed by atoms with E-state index in [1.165, 1.54) is 4.31 Å². The minimum atomic E-state index is -3.22. The molecule has 0 amide bonds. The Morgan fingerprint density at radius 3 is 2.26 bits per heavy atom. The molecule has 120 valence electrons. The average Bonchev–Trinajstić information content (AvgIpc) is 2.89. The van der Waals surface area contributed by atoms with Crippen LogP contribution < -0.4 is 9.04 Å². The third-order valence-electron chi connectivity index (χ3n) is 3.51. The number of ether oxygens (including phenoxy) is 1. The Bertz CT molecular complexity index is 816. The van der Waals surface area contributed by atoms with Gasteiger partial charge in [-0.3, -0.25) is 4.31 Å². The molecule has 0 radical (unpaired) electrons. The predicted octanol–water partition coefficient (Wildman–Crippen LogP) is 3.10. The van der Waals surface area contributed by atoms with E-state index in [0.717, 1.165) is 0 Å².